The molecular formula is C25H29NO7. The quantitative estimate of drug-likeness (QED) is 0.280. The third-order valence-corrected chi connectivity index (χ3v) is 4.50. The highest BCUT2D eigenvalue weighted by Crippen LogP contribution is 2.29. The summed E-state index contributed by atoms with van der Waals surface area (Å²) in [5.74, 6) is 0.367. The van der Waals surface area contributed by atoms with Crippen molar-refractivity contribution in [2.45, 2.75) is 13.0 Å². The fraction of sp³-hybridized carbons (Fsp3) is 0.280. The van der Waals surface area contributed by atoms with Crippen molar-refractivity contribution in [3.05, 3.63) is 78.9 Å². The Labute approximate surface area is 193 Å². The second-order valence-corrected chi connectivity index (χ2v) is 6.96. The minimum atomic E-state index is -0.696. The van der Waals surface area contributed by atoms with Crippen molar-refractivity contribution < 1.29 is 33.6 Å². The smallest absolute Gasteiger partial charge is 0.412 e. The van der Waals surface area contributed by atoms with E-state index in [1.807, 2.05) is 6.92 Å². The first-order valence-corrected chi connectivity index (χ1v) is 10.4. The van der Waals surface area contributed by atoms with E-state index in [0.717, 1.165) is 0 Å². The van der Waals surface area contributed by atoms with Crippen LogP contribution in [0.1, 0.15) is 18.6 Å². The molecule has 0 unspecified atom stereocenters. The molecule has 2 aromatic rings. The Bertz CT molecular complexity index is 923. The van der Waals surface area contributed by atoms with Gasteiger partial charge in [0.15, 0.2) is 0 Å². The number of amides is 1. The van der Waals surface area contributed by atoms with Gasteiger partial charge in [-0.1, -0.05) is 37.8 Å². The van der Waals surface area contributed by atoms with Crippen LogP contribution in [0.25, 0.3) is 0 Å². The topological polar surface area (TPSA) is 103 Å². The predicted octanol–water partition coefficient (Wildman–Crippen LogP) is 4.28. The van der Waals surface area contributed by atoms with E-state index in [1.54, 1.807) is 61.7 Å². The highest BCUT2D eigenvalue weighted by atomic mass is 16.6. The van der Waals surface area contributed by atoms with Crippen LogP contribution < -0.4 is 14.8 Å². The zero-order valence-corrected chi connectivity index (χ0v) is 18.7. The van der Waals surface area contributed by atoms with E-state index in [-0.39, 0.29) is 25.7 Å². The van der Waals surface area contributed by atoms with Crippen LogP contribution in [0, 0.1) is 5.92 Å². The molecule has 0 fully saturated rings. The van der Waals surface area contributed by atoms with Gasteiger partial charge in [-0.15, -0.1) is 0 Å². The molecule has 0 aliphatic rings. The number of carbonyl (C=O) groups is 2. The maximum absolute atomic E-state index is 12.6. The minimum Gasteiger partial charge on any atom is -0.497 e. The average molecular weight is 456 g/mol. The van der Waals surface area contributed by atoms with Crippen molar-refractivity contribution >= 4 is 17.7 Å². The summed E-state index contributed by atoms with van der Waals surface area (Å²) in [4.78, 5) is 24.4. The number of benzene rings is 2. The van der Waals surface area contributed by atoms with Gasteiger partial charge in [0.1, 0.15) is 30.8 Å². The predicted molar refractivity (Wildman–Crippen MR) is 124 cm³/mol. The van der Waals surface area contributed by atoms with Crippen LogP contribution in [0.2, 0.25) is 0 Å². The molecule has 0 radical (unpaired) electrons. The number of anilines is 1. The molecule has 8 heteroatoms. The fourth-order valence-corrected chi connectivity index (χ4v) is 2.85. The fourth-order valence-electron chi connectivity index (χ4n) is 2.85. The Morgan fingerprint density at radius 1 is 1.09 bits per heavy atom. The molecule has 0 saturated heterocycles. The van der Waals surface area contributed by atoms with Crippen molar-refractivity contribution in [2.24, 2.45) is 5.92 Å². The summed E-state index contributed by atoms with van der Waals surface area (Å²) >= 11 is 0. The summed E-state index contributed by atoms with van der Waals surface area (Å²) in [6, 6.07) is 13.8. The monoisotopic (exact) mass is 455 g/mol. The number of hydrogen-bond donors (Lipinski definition) is 2. The molecule has 0 aromatic heterocycles. The highest BCUT2D eigenvalue weighted by Gasteiger charge is 2.23. The number of ether oxygens (including phenoxy) is 4. The van der Waals surface area contributed by atoms with E-state index in [4.69, 9.17) is 24.1 Å². The highest BCUT2D eigenvalue weighted by molar-refractivity contribution is 5.85. The van der Waals surface area contributed by atoms with Crippen molar-refractivity contribution in [1.29, 1.82) is 0 Å². The maximum atomic E-state index is 12.6. The molecule has 176 valence electrons. The molecule has 1 amide bonds. The number of hydrogen-bond acceptors (Lipinski definition) is 7. The number of carbonyl (C=O) groups excluding carboxylic acids is 2. The van der Waals surface area contributed by atoms with Gasteiger partial charge >= 0.3 is 12.1 Å². The van der Waals surface area contributed by atoms with Crippen LogP contribution in [-0.2, 0) is 14.3 Å². The Balaban J connectivity index is 2.15. The molecular weight excluding hydrogens is 426 g/mol. The first kappa shape index (κ1) is 25.5. The lowest BCUT2D eigenvalue weighted by Gasteiger charge is -2.23. The van der Waals surface area contributed by atoms with Gasteiger partial charge in [0.05, 0.1) is 13.7 Å². The van der Waals surface area contributed by atoms with Crippen LogP contribution in [0.3, 0.4) is 0 Å². The van der Waals surface area contributed by atoms with Gasteiger partial charge in [0, 0.05) is 17.7 Å². The Morgan fingerprint density at radius 2 is 1.76 bits per heavy atom. The molecule has 0 aliphatic heterocycles. The number of aliphatic hydroxyl groups is 1. The summed E-state index contributed by atoms with van der Waals surface area (Å²) in [7, 11) is 1.56. The summed E-state index contributed by atoms with van der Waals surface area (Å²) in [6.07, 6.45) is 3.04. The molecule has 2 atom stereocenters. The van der Waals surface area contributed by atoms with Crippen molar-refractivity contribution in [3.8, 4) is 11.5 Å². The molecule has 0 heterocycles. The van der Waals surface area contributed by atoms with E-state index in [1.165, 1.54) is 12.2 Å². The van der Waals surface area contributed by atoms with Gasteiger partial charge in [-0.3, -0.25) is 5.32 Å². The zero-order chi connectivity index (χ0) is 24.1. The average Bonchev–Trinajstić information content (AvgIpc) is 2.84. The van der Waals surface area contributed by atoms with Crippen LogP contribution in [0.4, 0.5) is 10.5 Å². The first-order chi connectivity index (χ1) is 16.0. The Kier molecular flexibility index (Phi) is 10.5. The molecule has 0 bridgehead atoms. The zero-order valence-electron chi connectivity index (χ0n) is 18.7. The van der Waals surface area contributed by atoms with E-state index in [9.17, 15) is 9.59 Å². The summed E-state index contributed by atoms with van der Waals surface area (Å²) in [5, 5.41) is 11.6. The lowest BCUT2D eigenvalue weighted by molar-refractivity contribution is -0.136. The Hall–Kier alpha value is -3.78. The van der Waals surface area contributed by atoms with E-state index >= 15 is 0 Å². The third kappa shape index (κ3) is 8.70. The minimum absolute atomic E-state index is 0.0944. The standard InChI is InChI=1S/C25H29NO7/c1-4-16-32-23(28)14-5-18(2)24(19-6-10-22(11-7-19)31-17-15-27)33-25(29)26-20-8-12-21(30-3)13-9-20/h4-14,18,24,27H,1,15-17H2,2-3H3,(H,26,29)/b14-5+/t18-,24-/m0/s1. The summed E-state index contributed by atoms with van der Waals surface area (Å²) in [5.41, 5.74) is 1.25. The molecule has 0 spiro atoms. The van der Waals surface area contributed by atoms with Crippen LogP contribution in [0.15, 0.2) is 73.3 Å². The van der Waals surface area contributed by atoms with Crippen molar-refractivity contribution in [2.75, 3.05) is 32.2 Å². The van der Waals surface area contributed by atoms with Crippen LogP contribution in [-0.4, -0.2) is 44.1 Å². The third-order valence-electron chi connectivity index (χ3n) is 4.50. The SMILES string of the molecule is C=CCOC(=O)/C=C/[C@H](C)[C@H](OC(=O)Nc1ccc(OC)cc1)c1ccc(OCCO)cc1. The van der Waals surface area contributed by atoms with Gasteiger partial charge in [0.2, 0.25) is 0 Å². The van der Waals surface area contributed by atoms with Crippen LogP contribution in [0.5, 0.6) is 11.5 Å². The van der Waals surface area contributed by atoms with Gasteiger partial charge in [-0.25, -0.2) is 9.59 Å². The maximum Gasteiger partial charge on any atom is 0.412 e. The van der Waals surface area contributed by atoms with Gasteiger partial charge in [-0.2, -0.15) is 0 Å². The van der Waals surface area contributed by atoms with Crippen molar-refractivity contribution in [1.82, 2.24) is 0 Å². The van der Waals surface area contributed by atoms with Crippen molar-refractivity contribution in [3.63, 3.8) is 0 Å². The Morgan fingerprint density at radius 3 is 2.36 bits per heavy atom. The molecule has 0 saturated carbocycles. The molecule has 8 nitrogen and oxygen atoms in total. The van der Waals surface area contributed by atoms with Gasteiger partial charge in [0.25, 0.3) is 0 Å². The molecule has 0 aliphatic carbocycles. The van der Waals surface area contributed by atoms with Gasteiger partial charge < -0.3 is 24.1 Å². The van der Waals surface area contributed by atoms with E-state index < -0.39 is 18.2 Å². The van der Waals surface area contributed by atoms with Gasteiger partial charge in [-0.05, 0) is 42.0 Å². The number of rotatable bonds is 12. The lowest BCUT2D eigenvalue weighted by Crippen LogP contribution is -2.21. The largest absolute Gasteiger partial charge is 0.497 e. The molecule has 2 rings (SSSR count). The second kappa shape index (κ2) is 13.6. The summed E-state index contributed by atoms with van der Waals surface area (Å²) < 4.78 is 21.2. The van der Waals surface area contributed by atoms with E-state index in [2.05, 4.69) is 11.9 Å². The number of aliphatic hydroxyl groups excluding tert-OH is 1. The molecule has 2 aromatic carbocycles. The molecule has 33 heavy (non-hydrogen) atoms. The number of nitrogens with one attached hydrogen (secondary N) is 1. The number of methoxy groups -OCH3 is 1. The molecule has 2 N–H and O–H groups in total. The lowest BCUT2D eigenvalue weighted by atomic mass is 9.96. The first-order valence-electron chi connectivity index (χ1n) is 10.4. The second-order valence-electron chi connectivity index (χ2n) is 6.96. The number of esters is 1. The normalized spacial score (nSPS) is 12.5. The summed E-state index contributed by atoms with van der Waals surface area (Å²) in [6.45, 7) is 5.51. The van der Waals surface area contributed by atoms with Crippen LogP contribution >= 0.6 is 0 Å². The van der Waals surface area contributed by atoms with E-state index in [0.29, 0.717) is 22.7 Å².